The maximum absolute atomic E-state index is 12.7. The van der Waals surface area contributed by atoms with E-state index in [1.165, 1.54) is 25.7 Å². The fourth-order valence-electron chi connectivity index (χ4n) is 5.62. The molecule has 5 atom stereocenters. The van der Waals surface area contributed by atoms with Gasteiger partial charge in [0.15, 0.2) is 18.1 Å². The topological polar surface area (TPSA) is 44.8 Å². The van der Waals surface area contributed by atoms with E-state index >= 15 is 0 Å². The Hall–Kier alpha value is -1.24. The second-order valence-corrected chi connectivity index (χ2v) is 10.1. The van der Waals surface area contributed by atoms with E-state index < -0.39 is 0 Å². The minimum Gasteiger partial charge on any atom is -0.490 e. The molecule has 3 aliphatic rings. The van der Waals surface area contributed by atoms with Crippen molar-refractivity contribution in [1.82, 2.24) is 0 Å². The van der Waals surface area contributed by atoms with Gasteiger partial charge in [0.25, 0.3) is 0 Å². The Labute approximate surface area is 181 Å². The highest BCUT2D eigenvalue weighted by Crippen LogP contribution is 2.74. The molecule has 152 valence electrons. The van der Waals surface area contributed by atoms with Crippen molar-refractivity contribution in [3.63, 3.8) is 0 Å². The minimum atomic E-state index is -0.373. The molecule has 0 amide bonds. The fourth-order valence-corrected chi connectivity index (χ4v) is 6.40. The maximum Gasteiger partial charge on any atom is 0.344 e. The van der Waals surface area contributed by atoms with Crippen LogP contribution in [0.3, 0.4) is 0 Å². The Morgan fingerprint density at radius 3 is 2.75 bits per heavy atom. The van der Waals surface area contributed by atoms with Gasteiger partial charge in [-0.15, -0.1) is 0 Å². The molecule has 3 saturated carbocycles. The third-order valence-corrected chi connectivity index (χ3v) is 8.12. The van der Waals surface area contributed by atoms with Crippen molar-refractivity contribution in [3.05, 3.63) is 27.8 Å². The van der Waals surface area contributed by atoms with Crippen LogP contribution >= 0.6 is 22.6 Å². The molecule has 1 aromatic carbocycles. The Kier molecular flexibility index (Phi) is 5.17. The normalized spacial score (nSPS) is 35.1. The number of carbonyl (C=O) groups is 1. The number of carbonyl (C=O) groups excluding carboxylic acids is 1. The predicted octanol–water partition coefficient (Wildman–Crippen LogP) is 5.47. The summed E-state index contributed by atoms with van der Waals surface area (Å²) in [5, 5.41) is 0. The van der Waals surface area contributed by atoms with Gasteiger partial charge in [-0.25, -0.2) is 4.79 Å². The molecule has 0 heterocycles. The summed E-state index contributed by atoms with van der Waals surface area (Å²) >= 11 is 2.20. The summed E-state index contributed by atoms with van der Waals surface area (Å²) in [6.45, 7) is 10.5. The van der Waals surface area contributed by atoms with Crippen LogP contribution in [0.1, 0.15) is 52.0 Å². The average Bonchev–Trinajstić information content (AvgIpc) is 3.19. The highest BCUT2D eigenvalue weighted by atomic mass is 127. The molecule has 5 heteroatoms. The van der Waals surface area contributed by atoms with Crippen LogP contribution in [0.5, 0.6) is 11.5 Å². The van der Waals surface area contributed by atoms with Gasteiger partial charge < -0.3 is 14.2 Å². The number of esters is 1. The number of hydrogen-bond acceptors (Lipinski definition) is 4. The van der Waals surface area contributed by atoms with Gasteiger partial charge in [-0.05, 0) is 103 Å². The molecule has 3 aliphatic carbocycles. The van der Waals surface area contributed by atoms with Crippen LogP contribution in [0.15, 0.2) is 18.7 Å². The molecule has 0 saturated heterocycles. The number of benzene rings is 1. The van der Waals surface area contributed by atoms with E-state index in [2.05, 4.69) is 43.0 Å². The van der Waals surface area contributed by atoms with E-state index in [0.29, 0.717) is 35.4 Å². The molecular formula is C23H29IO4. The standard InChI is InChI=1S/C23H29IO4/c1-5-15-7-18(24)21(19(8-15)26-6-2)27-13-20(25)28-22(4)14(3)10-23-11-16(22)9-17(23)12-23/h5,7-8,14,16-17H,1,6,9-13H2,2-4H3. The van der Waals surface area contributed by atoms with Gasteiger partial charge in [-0.2, -0.15) is 0 Å². The van der Waals surface area contributed by atoms with Gasteiger partial charge in [-0.3, -0.25) is 0 Å². The van der Waals surface area contributed by atoms with Crippen LogP contribution in [-0.4, -0.2) is 24.8 Å². The first-order chi connectivity index (χ1) is 13.3. The zero-order chi connectivity index (χ0) is 20.1. The molecule has 3 fully saturated rings. The molecule has 0 radical (unpaired) electrons. The van der Waals surface area contributed by atoms with Gasteiger partial charge in [-0.1, -0.05) is 19.6 Å². The van der Waals surface area contributed by atoms with Crippen LogP contribution in [0.2, 0.25) is 0 Å². The van der Waals surface area contributed by atoms with Crippen molar-refractivity contribution >= 4 is 34.6 Å². The van der Waals surface area contributed by atoms with E-state index in [4.69, 9.17) is 14.2 Å². The van der Waals surface area contributed by atoms with Crippen LogP contribution in [0.25, 0.3) is 6.08 Å². The van der Waals surface area contributed by atoms with Crippen molar-refractivity contribution in [2.45, 2.75) is 52.1 Å². The number of fused-ring (bicyclic) bond motifs is 1. The third-order valence-electron chi connectivity index (χ3n) is 7.32. The van der Waals surface area contributed by atoms with Crippen LogP contribution < -0.4 is 9.47 Å². The maximum atomic E-state index is 12.7. The average molecular weight is 496 g/mol. The Morgan fingerprint density at radius 2 is 2.04 bits per heavy atom. The van der Waals surface area contributed by atoms with E-state index in [1.807, 2.05) is 19.1 Å². The molecule has 28 heavy (non-hydrogen) atoms. The highest BCUT2D eigenvalue weighted by molar-refractivity contribution is 14.1. The number of rotatable bonds is 7. The van der Waals surface area contributed by atoms with Crippen molar-refractivity contribution in [3.8, 4) is 11.5 Å². The number of ether oxygens (including phenoxy) is 3. The largest absolute Gasteiger partial charge is 0.490 e. The summed E-state index contributed by atoms with van der Waals surface area (Å²) in [4.78, 5) is 12.7. The summed E-state index contributed by atoms with van der Waals surface area (Å²) in [6.07, 6.45) is 6.79. The van der Waals surface area contributed by atoms with E-state index in [9.17, 15) is 4.79 Å². The van der Waals surface area contributed by atoms with Gasteiger partial charge >= 0.3 is 5.97 Å². The third kappa shape index (κ3) is 3.33. The first-order valence-corrected chi connectivity index (χ1v) is 11.3. The summed E-state index contributed by atoms with van der Waals surface area (Å²) < 4.78 is 18.5. The molecule has 4 rings (SSSR count). The van der Waals surface area contributed by atoms with Crippen molar-refractivity contribution in [2.75, 3.05) is 13.2 Å². The van der Waals surface area contributed by atoms with E-state index in [0.717, 1.165) is 15.1 Å². The molecule has 5 unspecified atom stereocenters. The van der Waals surface area contributed by atoms with E-state index in [1.54, 1.807) is 6.08 Å². The van der Waals surface area contributed by atoms with Gasteiger partial charge in [0.2, 0.25) is 0 Å². The predicted molar refractivity (Wildman–Crippen MR) is 117 cm³/mol. The molecule has 1 spiro atoms. The fraction of sp³-hybridized carbons (Fsp3) is 0.609. The Balaban J connectivity index is 1.43. The van der Waals surface area contributed by atoms with Gasteiger partial charge in [0, 0.05) is 0 Å². The van der Waals surface area contributed by atoms with Crippen molar-refractivity contribution in [1.29, 1.82) is 0 Å². The van der Waals surface area contributed by atoms with Crippen LogP contribution in [0.4, 0.5) is 0 Å². The lowest BCUT2D eigenvalue weighted by atomic mass is 9.67. The molecule has 2 bridgehead atoms. The summed E-state index contributed by atoms with van der Waals surface area (Å²) in [7, 11) is 0. The summed E-state index contributed by atoms with van der Waals surface area (Å²) in [6, 6.07) is 3.85. The van der Waals surface area contributed by atoms with Crippen molar-refractivity contribution in [2.24, 2.45) is 23.2 Å². The lowest BCUT2D eigenvalue weighted by Crippen LogP contribution is -2.49. The number of halogens is 1. The summed E-state index contributed by atoms with van der Waals surface area (Å²) in [5.74, 6) is 2.69. The minimum absolute atomic E-state index is 0.104. The van der Waals surface area contributed by atoms with Crippen LogP contribution in [0, 0.1) is 26.7 Å². The highest BCUT2D eigenvalue weighted by Gasteiger charge is 2.68. The lowest BCUT2D eigenvalue weighted by molar-refractivity contribution is -0.179. The second-order valence-electron chi connectivity index (χ2n) is 8.92. The van der Waals surface area contributed by atoms with Gasteiger partial charge in [0.1, 0.15) is 5.60 Å². The Morgan fingerprint density at radius 1 is 1.29 bits per heavy atom. The molecule has 0 N–H and O–H groups in total. The van der Waals surface area contributed by atoms with E-state index in [-0.39, 0.29) is 18.2 Å². The second kappa shape index (κ2) is 7.22. The SMILES string of the molecule is C=Cc1cc(I)c(OCC(=O)OC2(C)C(C)CC34CC3CC2C4)c(OCC)c1. The lowest BCUT2D eigenvalue weighted by Gasteiger charge is -2.45. The van der Waals surface area contributed by atoms with Crippen LogP contribution in [-0.2, 0) is 9.53 Å². The van der Waals surface area contributed by atoms with Gasteiger partial charge in [0.05, 0.1) is 10.2 Å². The summed E-state index contributed by atoms with van der Waals surface area (Å²) in [5.41, 5.74) is 1.17. The smallest absolute Gasteiger partial charge is 0.344 e. The molecule has 4 nitrogen and oxygen atoms in total. The Bertz CT molecular complexity index is 806. The van der Waals surface area contributed by atoms with Crippen molar-refractivity contribution < 1.29 is 19.0 Å². The molecule has 0 aromatic heterocycles. The molecule has 1 aromatic rings. The quantitative estimate of drug-likeness (QED) is 0.371. The monoisotopic (exact) mass is 496 g/mol. The molecule has 0 aliphatic heterocycles. The zero-order valence-corrected chi connectivity index (χ0v) is 19.1. The zero-order valence-electron chi connectivity index (χ0n) is 16.9. The number of hydrogen-bond donors (Lipinski definition) is 0. The first-order valence-electron chi connectivity index (χ1n) is 10.2. The first kappa shape index (κ1) is 20.0. The molecular weight excluding hydrogens is 467 g/mol.